The van der Waals surface area contributed by atoms with Crippen molar-refractivity contribution < 1.29 is 5.11 Å². The van der Waals surface area contributed by atoms with Crippen LogP contribution in [0.4, 0.5) is 0 Å². The number of H-pyrrole nitrogens is 1. The fourth-order valence-corrected chi connectivity index (χ4v) is 1.81. The standard InChI is InChI=1S/C13H17N3O/c1-9(2)11(8-17)13-15-7-12(16-13)10-4-3-5-14-6-10/h3-7,9,11,17H,8H2,1-2H3,(H,15,16). The molecule has 2 heterocycles. The number of hydrogen-bond acceptors (Lipinski definition) is 3. The van der Waals surface area contributed by atoms with E-state index in [2.05, 4.69) is 28.8 Å². The number of pyridine rings is 1. The Morgan fingerprint density at radius 3 is 2.76 bits per heavy atom. The highest BCUT2D eigenvalue weighted by molar-refractivity contribution is 5.56. The summed E-state index contributed by atoms with van der Waals surface area (Å²) in [5.41, 5.74) is 1.94. The van der Waals surface area contributed by atoms with Gasteiger partial charge in [0.25, 0.3) is 0 Å². The molecule has 0 fully saturated rings. The zero-order chi connectivity index (χ0) is 12.3. The monoisotopic (exact) mass is 231 g/mol. The maximum absolute atomic E-state index is 9.36. The van der Waals surface area contributed by atoms with E-state index in [0.717, 1.165) is 17.1 Å². The number of hydrogen-bond donors (Lipinski definition) is 2. The Labute approximate surface area is 101 Å². The molecule has 2 N–H and O–H groups in total. The molecule has 4 heteroatoms. The first kappa shape index (κ1) is 11.8. The molecule has 0 aromatic carbocycles. The maximum Gasteiger partial charge on any atom is 0.112 e. The third kappa shape index (κ3) is 2.53. The summed E-state index contributed by atoms with van der Waals surface area (Å²) in [6.07, 6.45) is 5.32. The van der Waals surface area contributed by atoms with Crippen LogP contribution in [-0.2, 0) is 0 Å². The predicted molar refractivity (Wildman–Crippen MR) is 66.5 cm³/mol. The molecule has 0 saturated carbocycles. The normalized spacial score (nSPS) is 12.9. The third-order valence-electron chi connectivity index (χ3n) is 2.92. The smallest absolute Gasteiger partial charge is 0.112 e. The average Bonchev–Trinajstić information content (AvgIpc) is 2.80. The molecule has 17 heavy (non-hydrogen) atoms. The summed E-state index contributed by atoms with van der Waals surface area (Å²) in [6, 6.07) is 3.87. The first-order chi connectivity index (χ1) is 8.22. The molecule has 1 atom stereocenters. The molecule has 0 aliphatic heterocycles. The number of aromatic amines is 1. The zero-order valence-corrected chi connectivity index (χ0v) is 10.1. The number of nitrogens with one attached hydrogen (secondary N) is 1. The lowest BCUT2D eigenvalue weighted by Crippen LogP contribution is -2.12. The highest BCUT2D eigenvalue weighted by Crippen LogP contribution is 2.24. The first-order valence-electron chi connectivity index (χ1n) is 5.78. The second-order valence-electron chi connectivity index (χ2n) is 4.46. The highest BCUT2D eigenvalue weighted by Gasteiger charge is 2.18. The SMILES string of the molecule is CC(C)C(CO)c1ncc(-c2cccnc2)[nH]1. The molecule has 2 aromatic heterocycles. The van der Waals surface area contributed by atoms with Crippen molar-refractivity contribution in [2.45, 2.75) is 19.8 Å². The fourth-order valence-electron chi connectivity index (χ4n) is 1.81. The topological polar surface area (TPSA) is 61.8 Å². The summed E-state index contributed by atoms with van der Waals surface area (Å²) >= 11 is 0. The van der Waals surface area contributed by atoms with E-state index in [4.69, 9.17) is 0 Å². The van der Waals surface area contributed by atoms with Crippen LogP contribution in [-0.4, -0.2) is 26.7 Å². The Balaban J connectivity index is 2.27. The third-order valence-corrected chi connectivity index (χ3v) is 2.92. The van der Waals surface area contributed by atoms with Gasteiger partial charge >= 0.3 is 0 Å². The molecule has 0 spiro atoms. The number of nitrogens with zero attached hydrogens (tertiary/aromatic N) is 2. The van der Waals surface area contributed by atoms with Gasteiger partial charge in [0.05, 0.1) is 18.5 Å². The van der Waals surface area contributed by atoms with Crippen LogP contribution in [0.1, 0.15) is 25.6 Å². The number of aliphatic hydroxyl groups excluding tert-OH is 1. The van der Waals surface area contributed by atoms with Crippen LogP contribution < -0.4 is 0 Å². The van der Waals surface area contributed by atoms with Crippen LogP contribution in [0.25, 0.3) is 11.3 Å². The van der Waals surface area contributed by atoms with Crippen LogP contribution in [0.2, 0.25) is 0 Å². The van der Waals surface area contributed by atoms with Crippen molar-refractivity contribution in [3.8, 4) is 11.3 Å². The molecular weight excluding hydrogens is 214 g/mol. The molecule has 0 bridgehead atoms. The molecule has 0 radical (unpaired) electrons. The van der Waals surface area contributed by atoms with E-state index in [0.29, 0.717) is 5.92 Å². The van der Waals surface area contributed by atoms with E-state index in [1.165, 1.54) is 0 Å². The molecular formula is C13H17N3O. The van der Waals surface area contributed by atoms with Gasteiger partial charge in [0, 0.05) is 23.9 Å². The summed E-state index contributed by atoms with van der Waals surface area (Å²) in [5.74, 6) is 1.25. The summed E-state index contributed by atoms with van der Waals surface area (Å²) in [6.45, 7) is 4.26. The van der Waals surface area contributed by atoms with Crippen LogP contribution in [0.15, 0.2) is 30.7 Å². The van der Waals surface area contributed by atoms with E-state index in [1.54, 1.807) is 18.6 Å². The lowest BCUT2D eigenvalue weighted by molar-refractivity contribution is 0.232. The van der Waals surface area contributed by atoms with Crippen molar-refractivity contribution in [2.75, 3.05) is 6.61 Å². The second-order valence-corrected chi connectivity index (χ2v) is 4.46. The minimum Gasteiger partial charge on any atom is -0.396 e. The Hall–Kier alpha value is -1.68. The van der Waals surface area contributed by atoms with Crippen LogP contribution in [0, 0.1) is 5.92 Å². The lowest BCUT2D eigenvalue weighted by atomic mass is 9.96. The minimum atomic E-state index is 0.0559. The summed E-state index contributed by atoms with van der Waals surface area (Å²) in [7, 11) is 0. The lowest BCUT2D eigenvalue weighted by Gasteiger charge is -2.15. The van der Waals surface area contributed by atoms with Gasteiger partial charge in [-0.1, -0.05) is 13.8 Å². The van der Waals surface area contributed by atoms with Crippen LogP contribution in [0.3, 0.4) is 0 Å². The van der Waals surface area contributed by atoms with Crippen LogP contribution in [0.5, 0.6) is 0 Å². The van der Waals surface area contributed by atoms with Crippen molar-refractivity contribution >= 4 is 0 Å². The molecule has 2 rings (SSSR count). The van der Waals surface area contributed by atoms with Gasteiger partial charge in [0.15, 0.2) is 0 Å². The van der Waals surface area contributed by atoms with Gasteiger partial charge in [-0.15, -0.1) is 0 Å². The van der Waals surface area contributed by atoms with Crippen LogP contribution >= 0.6 is 0 Å². The van der Waals surface area contributed by atoms with Gasteiger partial charge in [0.1, 0.15) is 5.82 Å². The minimum absolute atomic E-state index is 0.0559. The molecule has 1 unspecified atom stereocenters. The molecule has 0 aliphatic rings. The van der Waals surface area contributed by atoms with Gasteiger partial charge in [-0.3, -0.25) is 4.98 Å². The van der Waals surface area contributed by atoms with Crippen molar-refractivity contribution in [3.05, 3.63) is 36.5 Å². The van der Waals surface area contributed by atoms with Gasteiger partial charge in [-0.25, -0.2) is 4.98 Å². The van der Waals surface area contributed by atoms with Gasteiger partial charge in [0.2, 0.25) is 0 Å². The Morgan fingerprint density at radius 1 is 1.35 bits per heavy atom. The van der Waals surface area contributed by atoms with Crippen molar-refractivity contribution in [3.63, 3.8) is 0 Å². The Bertz CT molecular complexity index is 465. The van der Waals surface area contributed by atoms with Gasteiger partial charge < -0.3 is 10.1 Å². The second kappa shape index (κ2) is 5.10. The van der Waals surface area contributed by atoms with E-state index < -0.39 is 0 Å². The zero-order valence-electron chi connectivity index (χ0n) is 10.1. The number of imidazole rings is 1. The van der Waals surface area contributed by atoms with E-state index in [9.17, 15) is 5.11 Å². The molecule has 2 aromatic rings. The molecule has 90 valence electrons. The molecule has 4 nitrogen and oxygen atoms in total. The fraction of sp³-hybridized carbons (Fsp3) is 0.385. The Kier molecular flexibility index (Phi) is 3.54. The maximum atomic E-state index is 9.36. The first-order valence-corrected chi connectivity index (χ1v) is 5.78. The van der Waals surface area contributed by atoms with Crippen molar-refractivity contribution in [1.82, 2.24) is 15.0 Å². The van der Waals surface area contributed by atoms with E-state index >= 15 is 0 Å². The molecule has 0 saturated heterocycles. The average molecular weight is 231 g/mol. The number of aromatic nitrogens is 3. The van der Waals surface area contributed by atoms with Crippen molar-refractivity contribution in [2.24, 2.45) is 5.92 Å². The number of rotatable bonds is 4. The van der Waals surface area contributed by atoms with Gasteiger partial charge in [-0.05, 0) is 18.1 Å². The quantitative estimate of drug-likeness (QED) is 0.848. The predicted octanol–water partition coefficient (Wildman–Crippen LogP) is 2.20. The van der Waals surface area contributed by atoms with E-state index in [-0.39, 0.29) is 12.5 Å². The number of aliphatic hydroxyl groups is 1. The highest BCUT2D eigenvalue weighted by atomic mass is 16.3. The van der Waals surface area contributed by atoms with Gasteiger partial charge in [-0.2, -0.15) is 0 Å². The Morgan fingerprint density at radius 2 is 2.18 bits per heavy atom. The molecule has 0 aliphatic carbocycles. The molecule has 0 amide bonds. The van der Waals surface area contributed by atoms with Crippen molar-refractivity contribution in [1.29, 1.82) is 0 Å². The largest absolute Gasteiger partial charge is 0.396 e. The summed E-state index contributed by atoms with van der Waals surface area (Å²) in [4.78, 5) is 11.7. The summed E-state index contributed by atoms with van der Waals surface area (Å²) < 4.78 is 0. The van der Waals surface area contributed by atoms with E-state index in [1.807, 2.05) is 12.1 Å². The summed E-state index contributed by atoms with van der Waals surface area (Å²) in [5, 5.41) is 9.36.